The zero-order chi connectivity index (χ0) is 20.0. The zero-order valence-electron chi connectivity index (χ0n) is 14.6. The molecular weight excluding hydrogens is 376 g/mol. The molecule has 0 aromatic heterocycles. The Balaban J connectivity index is 2.21. The molecule has 0 unspecified atom stereocenters. The standard InChI is InChI=1S/C17H18N2O7S/c1-25-13-7-8-14(26-2)15(9-13)27(23,24)19-12-5-3-11(4-6-12)17(22)18-10-16(20)21/h3-9,19H,10H2,1-2H3,(H,18,22)(H,20,21). The number of hydrogen-bond acceptors (Lipinski definition) is 6. The predicted octanol–water partition coefficient (Wildman–Crippen LogP) is 1.32. The van der Waals surface area contributed by atoms with Gasteiger partial charge < -0.3 is 19.9 Å². The number of carbonyl (C=O) groups excluding carboxylic acids is 1. The van der Waals surface area contributed by atoms with Gasteiger partial charge in [0.1, 0.15) is 22.9 Å². The van der Waals surface area contributed by atoms with E-state index >= 15 is 0 Å². The first-order valence-electron chi connectivity index (χ1n) is 7.61. The second-order valence-electron chi connectivity index (χ2n) is 5.28. The molecule has 144 valence electrons. The Labute approximate surface area is 156 Å². The molecule has 0 atom stereocenters. The van der Waals surface area contributed by atoms with E-state index in [2.05, 4.69) is 10.0 Å². The van der Waals surface area contributed by atoms with Gasteiger partial charge in [-0.05, 0) is 36.4 Å². The van der Waals surface area contributed by atoms with E-state index in [1.54, 1.807) is 6.07 Å². The normalized spacial score (nSPS) is 10.7. The third-order valence-corrected chi connectivity index (χ3v) is 4.86. The summed E-state index contributed by atoms with van der Waals surface area (Å²) in [6.07, 6.45) is 0. The van der Waals surface area contributed by atoms with Gasteiger partial charge in [-0.2, -0.15) is 0 Å². The summed E-state index contributed by atoms with van der Waals surface area (Å²) in [4.78, 5) is 22.1. The number of ether oxygens (including phenoxy) is 2. The Morgan fingerprint density at radius 3 is 2.26 bits per heavy atom. The quantitative estimate of drug-likeness (QED) is 0.615. The molecule has 3 N–H and O–H groups in total. The molecule has 0 fully saturated rings. The predicted molar refractivity (Wildman–Crippen MR) is 96.8 cm³/mol. The number of sulfonamides is 1. The van der Waals surface area contributed by atoms with Crippen molar-refractivity contribution >= 4 is 27.6 Å². The van der Waals surface area contributed by atoms with Gasteiger partial charge in [-0.1, -0.05) is 0 Å². The fraction of sp³-hybridized carbons (Fsp3) is 0.176. The lowest BCUT2D eigenvalue weighted by Gasteiger charge is -2.13. The van der Waals surface area contributed by atoms with Crippen molar-refractivity contribution in [3.8, 4) is 11.5 Å². The second kappa shape index (κ2) is 8.41. The van der Waals surface area contributed by atoms with E-state index in [1.807, 2.05) is 0 Å². The SMILES string of the molecule is COc1ccc(OC)c(S(=O)(=O)Nc2ccc(C(=O)NCC(=O)O)cc2)c1. The van der Waals surface area contributed by atoms with Crippen molar-refractivity contribution in [1.29, 1.82) is 0 Å². The van der Waals surface area contributed by atoms with Crippen molar-refractivity contribution in [2.24, 2.45) is 0 Å². The lowest BCUT2D eigenvalue weighted by molar-refractivity contribution is -0.135. The molecule has 10 heteroatoms. The number of aliphatic carboxylic acids is 1. The van der Waals surface area contributed by atoms with Crippen LogP contribution in [0.15, 0.2) is 47.4 Å². The number of anilines is 1. The summed E-state index contributed by atoms with van der Waals surface area (Å²) in [6.45, 7) is -0.511. The molecule has 0 radical (unpaired) electrons. The number of nitrogens with one attached hydrogen (secondary N) is 2. The number of carboxylic acid groups (broad SMARTS) is 1. The molecule has 0 aliphatic heterocycles. The van der Waals surface area contributed by atoms with E-state index in [9.17, 15) is 18.0 Å². The van der Waals surface area contributed by atoms with Crippen molar-refractivity contribution in [1.82, 2.24) is 5.32 Å². The average molecular weight is 394 g/mol. The van der Waals surface area contributed by atoms with Crippen molar-refractivity contribution in [3.05, 3.63) is 48.0 Å². The van der Waals surface area contributed by atoms with E-state index < -0.39 is 28.4 Å². The Morgan fingerprint density at radius 2 is 1.70 bits per heavy atom. The minimum absolute atomic E-state index is 0.104. The topological polar surface area (TPSA) is 131 Å². The van der Waals surface area contributed by atoms with Crippen LogP contribution < -0.4 is 19.5 Å². The Hall–Kier alpha value is -3.27. The third-order valence-electron chi connectivity index (χ3n) is 3.46. The van der Waals surface area contributed by atoms with Crippen molar-refractivity contribution in [2.45, 2.75) is 4.90 Å². The maximum absolute atomic E-state index is 12.7. The second-order valence-corrected chi connectivity index (χ2v) is 6.93. The summed E-state index contributed by atoms with van der Waals surface area (Å²) in [5.74, 6) is -1.25. The molecule has 0 heterocycles. The average Bonchev–Trinajstić information content (AvgIpc) is 2.65. The Morgan fingerprint density at radius 1 is 1.04 bits per heavy atom. The Bertz CT molecular complexity index is 940. The lowest BCUT2D eigenvalue weighted by atomic mass is 10.2. The van der Waals surface area contributed by atoms with Crippen LogP contribution in [0.25, 0.3) is 0 Å². The first-order valence-corrected chi connectivity index (χ1v) is 9.10. The van der Waals surface area contributed by atoms with E-state index in [-0.39, 0.29) is 21.9 Å². The van der Waals surface area contributed by atoms with Gasteiger partial charge in [-0.3, -0.25) is 14.3 Å². The molecule has 2 aromatic carbocycles. The van der Waals surface area contributed by atoms with Gasteiger partial charge in [0.2, 0.25) is 0 Å². The first-order chi connectivity index (χ1) is 12.8. The van der Waals surface area contributed by atoms with Gasteiger partial charge >= 0.3 is 5.97 Å². The molecule has 1 amide bonds. The van der Waals surface area contributed by atoms with Gasteiger partial charge in [-0.25, -0.2) is 8.42 Å². The molecule has 0 aliphatic carbocycles. The van der Waals surface area contributed by atoms with Gasteiger partial charge in [0, 0.05) is 17.3 Å². The van der Waals surface area contributed by atoms with E-state index in [0.29, 0.717) is 5.75 Å². The summed E-state index contributed by atoms with van der Waals surface area (Å²) in [7, 11) is -1.21. The largest absolute Gasteiger partial charge is 0.497 e. The van der Waals surface area contributed by atoms with Crippen LogP contribution in [0.4, 0.5) is 5.69 Å². The smallest absolute Gasteiger partial charge is 0.322 e. The van der Waals surface area contributed by atoms with Crippen LogP contribution >= 0.6 is 0 Å². The van der Waals surface area contributed by atoms with Crippen LogP contribution in [-0.4, -0.2) is 46.2 Å². The highest BCUT2D eigenvalue weighted by atomic mass is 32.2. The monoisotopic (exact) mass is 394 g/mol. The highest BCUT2D eigenvalue weighted by Crippen LogP contribution is 2.29. The van der Waals surface area contributed by atoms with Gasteiger partial charge in [-0.15, -0.1) is 0 Å². The minimum Gasteiger partial charge on any atom is -0.497 e. The van der Waals surface area contributed by atoms with Crippen LogP contribution in [-0.2, 0) is 14.8 Å². The molecular formula is C17H18N2O7S. The highest BCUT2D eigenvalue weighted by molar-refractivity contribution is 7.92. The molecule has 9 nitrogen and oxygen atoms in total. The van der Waals surface area contributed by atoms with Gasteiger partial charge in [0.05, 0.1) is 14.2 Å². The van der Waals surface area contributed by atoms with E-state index in [4.69, 9.17) is 14.6 Å². The number of amides is 1. The van der Waals surface area contributed by atoms with Crippen LogP contribution in [0.3, 0.4) is 0 Å². The van der Waals surface area contributed by atoms with Crippen LogP contribution in [0.1, 0.15) is 10.4 Å². The van der Waals surface area contributed by atoms with Crippen LogP contribution in [0.2, 0.25) is 0 Å². The molecule has 0 aliphatic rings. The van der Waals surface area contributed by atoms with Crippen molar-refractivity contribution < 1.29 is 32.6 Å². The van der Waals surface area contributed by atoms with E-state index in [0.717, 1.165) is 0 Å². The van der Waals surface area contributed by atoms with Crippen molar-refractivity contribution in [3.63, 3.8) is 0 Å². The summed E-state index contributed by atoms with van der Waals surface area (Å²) in [5, 5.41) is 10.8. The molecule has 2 rings (SSSR count). The molecule has 0 spiro atoms. The summed E-state index contributed by atoms with van der Waals surface area (Å²) in [5.41, 5.74) is 0.410. The summed E-state index contributed by atoms with van der Waals surface area (Å²) < 4.78 is 37.8. The molecule has 0 bridgehead atoms. The fourth-order valence-corrected chi connectivity index (χ4v) is 3.40. The minimum atomic E-state index is -3.98. The van der Waals surface area contributed by atoms with E-state index in [1.165, 1.54) is 50.6 Å². The summed E-state index contributed by atoms with van der Waals surface area (Å²) >= 11 is 0. The molecule has 0 saturated heterocycles. The number of carboxylic acids is 1. The van der Waals surface area contributed by atoms with Crippen molar-refractivity contribution in [2.75, 3.05) is 25.5 Å². The maximum atomic E-state index is 12.7. The molecule has 27 heavy (non-hydrogen) atoms. The number of rotatable bonds is 8. The van der Waals surface area contributed by atoms with Crippen LogP contribution in [0.5, 0.6) is 11.5 Å². The highest BCUT2D eigenvalue weighted by Gasteiger charge is 2.21. The maximum Gasteiger partial charge on any atom is 0.322 e. The van der Waals surface area contributed by atoms with Gasteiger partial charge in [0.15, 0.2) is 0 Å². The van der Waals surface area contributed by atoms with Crippen LogP contribution in [0, 0.1) is 0 Å². The number of benzene rings is 2. The molecule has 2 aromatic rings. The number of hydrogen-bond donors (Lipinski definition) is 3. The lowest BCUT2D eigenvalue weighted by Crippen LogP contribution is -2.29. The molecule has 0 saturated carbocycles. The first kappa shape index (κ1) is 20.0. The summed E-state index contributed by atoms with van der Waals surface area (Å²) in [6, 6.07) is 9.90. The van der Waals surface area contributed by atoms with Gasteiger partial charge in [0.25, 0.3) is 15.9 Å². The zero-order valence-corrected chi connectivity index (χ0v) is 15.4. The Kier molecular flexibility index (Phi) is 6.24. The third kappa shape index (κ3) is 5.11. The number of methoxy groups -OCH3 is 2. The fourth-order valence-electron chi connectivity index (χ4n) is 2.15. The number of carbonyl (C=O) groups is 2.